The summed E-state index contributed by atoms with van der Waals surface area (Å²) in [4.78, 5) is 16.0. The molecule has 0 fully saturated rings. The van der Waals surface area contributed by atoms with Crippen LogP contribution in [0, 0.1) is 6.85 Å². The summed E-state index contributed by atoms with van der Waals surface area (Å²) in [6.45, 7) is -2.54. The lowest BCUT2D eigenvalue weighted by Crippen LogP contribution is -2.17. The van der Waals surface area contributed by atoms with Gasteiger partial charge in [0.1, 0.15) is 0 Å². The Hall–Kier alpha value is -4.25. The standard InChI is InChI=1S/C23H21N5O5S/c1-15-8-9-19(25-14-15)34(29,30)28-22-20(33-18-7-5-4-6-17(18)31-2)23(32-3)27-21(26-22)16-10-12-24-13-11-16/h4-14H,1-3H3,(H,26,27,28)/i1D3,2D3,3D3. The number of methoxy groups -OCH3 is 2. The average Bonchev–Trinajstić information content (AvgIpc) is 2.89. The molecule has 0 saturated heterocycles. The second-order valence-corrected chi connectivity index (χ2v) is 8.14. The van der Waals surface area contributed by atoms with E-state index < -0.39 is 53.4 Å². The van der Waals surface area contributed by atoms with Crippen LogP contribution < -0.4 is 18.9 Å². The van der Waals surface area contributed by atoms with Crippen molar-refractivity contribution in [3.05, 3.63) is 72.7 Å². The van der Waals surface area contributed by atoms with Crippen molar-refractivity contribution >= 4 is 15.8 Å². The molecule has 0 aliphatic heterocycles. The summed E-state index contributed by atoms with van der Waals surface area (Å²) in [6, 6.07) is 10.3. The number of ether oxygens (including phenoxy) is 3. The maximum absolute atomic E-state index is 13.4. The number of aromatic nitrogens is 4. The fraction of sp³-hybridized carbons (Fsp3) is 0.130. The minimum atomic E-state index is -4.63. The number of sulfonamides is 1. The summed E-state index contributed by atoms with van der Waals surface area (Å²) in [5.41, 5.74) is 0.0698. The van der Waals surface area contributed by atoms with Crippen molar-refractivity contribution in [1.29, 1.82) is 0 Å². The zero-order valence-electron chi connectivity index (χ0n) is 26.1. The van der Waals surface area contributed by atoms with Crippen LogP contribution in [-0.4, -0.2) is 42.4 Å². The van der Waals surface area contributed by atoms with Gasteiger partial charge in [-0.05, 0) is 42.7 Å². The molecule has 174 valence electrons. The summed E-state index contributed by atoms with van der Waals surface area (Å²) < 4.78 is 112. The number of pyridine rings is 2. The number of anilines is 1. The van der Waals surface area contributed by atoms with Crippen LogP contribution >= 0.6 is 0 Å². The van der Waals surface area contributed by atoms with Gasteiger partial charge in [-0.1, -0.05) is 18.2 Å². The first-order chi connectivity index (χ1) is 19.9. The molecule has 0 aliphatic carbocycles. The summed E-state index contributed by atoms with van der Waals surface area (Å²) >= 11 is 0. The van der Waals surface area contributed by atoms with Gasteiger partial charge in [-0.15, -0.1) is 0 Å². The Balaban J connectivity index is 1.90. The molecular weight excluding hydrogens is 458 g/mol. The summed E-state index contributed by atoms with van der Waals surface area (Å²) in [5, 5.41) is -0.611. The zero-order valence-corrected chi connectivity index (χ0v) is 17.9. The second kappa shape index (κ2) is 9.71. The lowest BCUT2D eigenvalue weighted by Gasteiger charge is -2.17. The fourth-order valence-corrected chi connectivity index (χ4v) is 3.67. The van der Waals surface area contributed by atoms with Crippen molar-refractivity contribution in [2.24, 2.45) is 0 Å². The highest BCUT2D eigenvalue weighted by molar-refractivity contribution is 7.92. The van der Waals surface area contributed by atoms with Crippen molar-refractivity contribution < 1.29 is 35.0 Å². The number of hydrogen-bond acceptors (Lipinski definition) is 9. The van der Waals surface area contributed by atoms with Crippen LogP contribution in [0.3, 0.4) is 0 Å². The Morgan fingerprint density at radius 2 is 1.74 bits per heavy atom. The Labute approximate surface area is 209 Å². The molecule has 0 bridgehead atoms. The summed E-state index contributed by atoms with van der Waals surface area (Å²) in [5.74, 6) is -2.84. The van der Waals surface area contributed by atoms with E-state index in [1.807, 2.05) is 0 Å². The van der Waals surface area contributed by atoms with Crippen molar-refractivity contribution in [2.45, 2.75) is 11.9 Å². The van der Waals surface area contributed by atoms with Crippen LogP contribution in [0.5, 0.6) is 23.1 Å². The third-order valence-corrected chi connectivity index (χ3v) is 5.54. The zero-order chi connectivity index (χ0) is 31.6. The van der Waals surface area contributed by atoms with Gasteiger partial charge in [-0.3, -0.25) is 9.71 Å². The van der Waals surface area contributed by atoms with Gasteiger partial charge in [-0.25, -0.2) is 9.97 Å². The molecule has 34 heavy (non-hydrogen) atoms. The van der Waals surface area contributed by atoms with Gasteiger partial charge >= 0.3 is 0 Å². The van der Waals surface area contributed by atoms with Crippen LogP contribution in [0.25, 0.3) is 11.4 Å². The molecule has 10 nitrogen and oxygen atoms in total. The van der Waals surface area contributed by atoms with Gasteiger partial charge in [0.05, 0.1) is 22.3 Å². The highest BCUT2D eigenvalue weighted by atomic mass is 32.2. The number of aryl methyl sites for hydroxylation is 1. The lowest BCUT2D eigenvalue weighted by atomic mass is 10.2. The van der Waals surface area contributed by atoms with Gasteiger partial charge in [-0.2, -0.15) is 13.4 Å². The average molecular weight is 489 g/mol. The van der Waals surface area contributed by atoms with Crippen molar-refractivity contribution in [2.75, 3.05) is 18.8 Å². The third kappa shape index (κ3) is 4.89. The molecule has 4 aromatic rings. The maximum Gasteiger partial charge on any atom is 0.280 e. The number of rotatable bonds is 8. The highest BCUT2D eigenvalue weighted by Gasteiger charge is 2.25. The molecule has 0 saturated carbocycles. The summed E-state index contributed by atoms with van der Waals surface area (Å²) in [6.07, 6.45) is 3.64. The topological polar surface area (TPSA) is 125 Å². The molecule has 3 heterocycles. The van der Waals surface area contributed by atoms with Crippen LogP contribution in [0.4, 0.5) is 5.82 Å². The molecular formula is C23H21N5O5S. The van der Waals surface area contributed by atoms with Crippen LogP contribution in [0.15, 0.2) is 72.1 Å². The van der Waals surface area contributed by atoms with Crippen LogP contribution in [0.2, 0.25) is 0 Å². The first kappa shape index (κ1) is 14.1. The van der Waals surface area contributed by atoms with Crippen molar-refractivity contribution in [3.63, 3.8) is 0 Å². The Bertz CT molecular complexity index is 1700. The van der Waals surface area contributed by atoms with Gasteiger partial charge in [0, 0.05) is 28.3 Å². The van der Waals surface area contributed by atoms with Crippen molar-refractivity contribution in [3.8, 4) is 34.5 Å². The smallest absolute Gasteiger partial charge is 0.280 e. The molecule has 0 atom stereocenters. The van der Waals surface area contributed by atoms with E-state index in [2.05, 4.69) is 24.7 Å². The van der Waals surface area contributed by atoms with E-state index in [0.29, 0.717) is 0 Å². The SMILES string of the molecule is [2H]C([2H])([2H])Oc1ccccc1Oc1c(NS(=O)(=O)c2ccc(C([2H])([2H])[2H])cn2)nc(-c2ccncc2)nc1OC([2H])([2H])[2H]. The number of para-hydroxylation sites is 2. The molecule has 0 spiro atoms. The highest BCUT2D eigenvalue weighted by Crippen LogP contribution is 2.41. The Kier molecular flexibility index (Phi) is 4.03. The Morgan fingerprint density at radius 3 is 2.44 bits per heavy atom. The lowest BCUT2D eigenvalue weighted by molar-refractivity contribution is 0.348. The molecule has 1 aromatic carbocycles. The quantitative estimate of drug-likeness (QED) is 0.393. The van der Waals surface area contributed by atoms with E-state index in [4.69, 9.17) is 26.5 Å². The van der Waals surface area contributed by atoms with E-state index in [9.17, 15) is 8.42 Å². The number of nitrogens with zero attached hydrogens (tertiary/aromatic N) is 4. The number of benzene rings is 1. The molecule has 11 heteroatoms. The predicted molar refractivity (Wildman–Crippen MR) is 125 cm³/mol. The van der Waals surface area contributed by atoms with Crippen LogP contribution in [0.1, 0.15) is 17.9 Å². The van der Waals surface area contributed by atoms with Crippen molar-refractivity contribution in [1.82, 2.24) is 19.9 Å². The van der Waals surface area contributed by atoms with Gasteiger partial charge in [0.15, 0.2) is 28.2 Å². The van der Waals surface area contributed by atoms with E-state index in [-0.39, 0.29) is 28.5 Å². The van der Waals surface area contributed by atoms with E-state index >= 15 is 0 Å². The third-order valence-electron chi connectivity index (χ3n) is 4.28. The maximum atomic E-state index is 13.4. The van der Waals surface area contributed by atoms with Gasteiger partial charge in [0.25, 0.3) is 15.9 Å². The predicted octanol–water partition coefficient (Wildman–Crippen LogP) is 3.85. The monoisotopic (exact) mass is 488 g/mol. The summed E-state index contributed by atoms with van der Waals surface area (Å²) in [7, 11) is -10.7. The molecule has 0 aliphatic rings. The minimum absolute atomic E-state index is 0.204. The normalized spacial score (nSPS) is 16.1. The van der Waals surface area contributed by atoms with Crippen LogP contribution in [-0.2, 0) is 10.0 Å². The Morgan fingerprint density at radius 1 is 0.941 bits per heavy atom. The van der Waals surface area contributed by atoms with E-state index in [1.54, 1.807) is 0 Å². The van der Waals surface area contributed by atoms with E-state index in [1.165, 1.54) is 48.8 Å². The first-order valence-electron chi connectivity index (χ1n) is 13.9. The molecule has 4 rings (SSSR count). The van der Waals surface area contributed by atoms with E-state index in [0.717, 1.165) is 18.3 Å². The fourth-order valence-electron chi connectivity index (χ4n) is 2.74. The molecule has 0 unspecified atom stereocenters. The molecule has 0 radical (unpaired) electrons. The minimum Gasteiger partial charge on any atom is -0.493 e. The number of hydrogen-bond donors (Lipinski definition) is 1. The molecule has 0 amide bonds. The first-order valence-corrected chi connectivity index (χ1v) is 10.9. The molecule has 3 aromatic heterocycles. The van der Waals surface area contributed by atoms with Gasteiger partial charge < -0.3 is 14.2 Å². The second-order valence-electron chi connectivity index (χ2n) is 6.51. The van der Waals surface area contributed by atoms with Gasteiger partial charge in [0.2, 0.25) is 5.75 Å². The number of nitrogens with one attached hydrogen (secondary N) is 1. The molecule has 1 N–H and O–H groups in total. The largest absolute Gasteiger partial charge is 0.493 e.